The number of hydrogen-bond donors (Lipinski definition) is 1. The first-order valence-electron chi connectivity index (χ1n) is 6.77. The number of hydrogen-bond acceptors (Lipinski definition) is 5. The third-order valence-electron chi connectivity index (χ3n) is 3.38. The molecule has 1 aromatic rings. The Morgan fingerprint density at radius 3 is 2.68 bits per heavy atom. The Balaban J connectivity index is 1.87. The average Bonchev–Trinajstić information content (AvgIpc) is 2.48. The molecule has 6 heteroatoms. The standard InChI is InChI=1S/C13H21N5O/c1-2-3-11(14)13(19)18-8-6-17(7-9-18)12-10-15-4-5-16-12/h4-5,10-11H,2-3,6-9,14H2,1H3/t11-/m0/s1. The Morgan fingerprint density at radius 1 is 1.37 bits per heavy atom. The van der Waals surface area contributed by atoms with Crippen LogP contribution in [0.4, 0.5) is 5.82 Å². The van der Waals surface area contributed by atoms with E-state index in [0.29, 0.717) is 13.1 Å². The third-order valence-corrected chi connectivity index (χ3v) is 3.38. The van der Waals surface area contributed by atoms with Gasteiger partial charge >= 0.3 is 0 Å². The van der Waals surface area contributed by atoms with E-state index < -0.39 is 0 Å². The number of nitrogens with two attached hydrogens (primary N) is 1. The summed E-state index contributed by atoms with van der Waals surface area (Å²) in [5.74, 6) is 0.938. The maximum absolute atomic E-state index is 12.1. The van der Waals surface area contributed by atoms with Crippen LogP contribution in [0.25, 0.3) is 0 Å². The zero-order valence-electron chi connectivity index (χ0n) is 11.3. The van der Waals surface area contributed by atoms with Gasteiger partial charge in [-0.1, -0.05) is 13.3 Å². The van der Waals surface area contributed by atoms with Gasteiger partial charge in [-0.05, 0) is 6.42 Å². The van der Waals surface area contributed by atoms with Gasteiger partial charge in [0.2, 0.25) is 5.91 Å². The first kappa shape index (κ1) is 13.7. The largest absolute Gasteiger partial charge is 0.352 e. The number of rotatable bonds is 4. The van der Waals surface area contributed by atoms with Crippen molar-refractivity contribution in [3.63, 3.8) is 0 Å². The molecule has 6 nitrogen and oxygen atoms in total. The van der Waals surface area contributed by atoms with Crippen LogP contribution in [0, 0.1) is 0 Å². The van der Waals surface area contributed by atoms with Gasteiger partial charge in [0.1, 0.15) is 5.82 Å². The van der Waals surface area contributed by atoms with Gasteiger partial charge in [-0.3, -0.25) is 9.78 Å². The molecular formula is C13H21N5O. The fourth-order valence-electron chi connectivity index (χ4n) is 2.28. The van der Waals surface area contributed by atoms with Crippen LogP contribution in [0.1, 0.15) is 19.8 Å². The topological polar surface area (TPSA) is 75.4 Å². The molecular weight excluding hydrogens is 242 g/mol. The van der Waals surface area contributed by atoms with Crippen molar-refractivity contribution in [2.24, 2.45) is 5.73 Å². The molecule has 2 rings (SSSR count). The van der Waals surface area contributed by atoms with E-state index in [1.165, 1.54) is 0 Å². The summed E-state index contributed by atoms with van der Waals surface area (Å²) in [6.45, 7) is 5.01. The zero-order chi connectivity index (χ0) is 13.7. The third kappa shape index (κ3) is 3.41. The second-order valence-electron chi connectivity index (χ2n) is 4.77. The molecule has 0 spiro atoms. The van der Waals surface area contributed by atoms with Gasteiger partial charge in [0.15, 0.2) is 0 Å². The second kappa shape index (κ2) is 6.47. The van der Waals surface area contributed by atoms with Crippen LogP contribution >= 0.6 is 0 Å². The molecule has 0 aliphatic carbocycles. The Bertz CT molecular complexity index is 403. The van der Waals surface area contributed by atoms with E-state index in [2.05, 4.69) is 14.9 Å². The molecule has 1 aliphatic heterocycles. The van der Waals surface area contributed by atoms with E-state index in [9.17, 15) is 4.79 Å². The van der Waals surface area contributed by atoms with Crippen molar-refractivity contribution in [1.29, 1.82) is 0 Å². The van der Waals surface area contributed by atoms with Gasteiger partial charge in [0, 0.05) is 38.6 Å². The first-order valence-corrected chi connectivity index (χ1v) is 6.77. The summed E-state index contributed by atoms with van der Waals surface area (Å²) in [6, 6.07) is -0.354. The van der Waals surface area contributed by atoms with Gasteiger partial charge in [-0.25, -0.2) is 4.98 Å². The summed E-state index contributed by atoms with van der Waals surface area (Å²) in [7, 11) is 0. The molecule has 0 unspecified atom stereocenters. The minimum absolute atomic E-state index is 0.0700. The maximum Gasteiger partial charge on any atom is 0.239 e. The van der Waals surface area contributed by atoms with Gasteiger partial charge in [0.05, 0.1) is 12.2 Å². The van der Waals surface area contributed by atoms with E-state index in [1.807, 2.05) is 11.8 Å². The number of anilines is 1. The molecule has 0 radical (unpaired) electrons. The molecule has 2 heterocycles. The van der Waals surface area contributed by atoms with E-state index in [4.69, 9.17) is 5.73 Å². The Labute approximate surface area is 113 Å². The zero-order valence-corrected chi connectivity index (χ0v) is 11.3. The summed E-state index contributed by atoms with van der Waals surface area (Å²) >= 11 is 0. The lowest BCUT2D eigenvalue weighted by atomic mass is 10.1. The number of carbonyl (C=O) groups excluding carboxylic acids is 1. The average molecular weight is 263 g/mol. The lowest BCUT2D eigenvalue weighted by Gasteiger charge is -2.36. The highest BCUT2D eigenvalue weighted by Crippen LogP contribution is 2.12. The van der Waals surface area contributed by atoms with Crippen LogP contribution < -0.4 is 10.6 Å². The van der Waals surface area contributed by atoms with Crippen molar-refractivity contribution in [2.75, 3.05) is 31.1 Å². The smallest absolute Gasteiger partial charge is 0.239 e. The summed E-state index contributed by atoms with van der Waals surface area (Å²) in [5, 5.41) is 0. The van der Waals surface area contributed by atoms with Gasteiger partial charge in [0.25, 0.3) is 0 Å². The van der Waals surface area contributed by atoms with Crippen molar-refractivity contribution in [1.82, 2.24) is 14.9 Å². The molecule has 0 saturated carbocycles. The Hall–Kier alpha value is -1.69. The summed E-state index contributed by atoms with van der Waals surface area (Å²) in [6.07, 6.45) is 6.78. The van der Waals surface area contributed by atoms with Gasteiger partial charge in [-0.2, -0.15) is 0 Å². The number of aromatic nitrogens is 2. The minimum Gasteiger partial charge on any atom is -0.352 e. The van der Waals surface area contributed by atoms with Crippen LogP contribution in [-0.4, -0.2) is 53.0 Å². The van der Waals surface area contributed by atoms with E-state index >= 15 is 0 Å². The SMILES string of the molecule is CCC[C@H](N)C(=O)N1CCN(c2cnccn2)CC1. The van der Waals surface area contributed by atoms with Crippen molar-refractivity contribution < 1.29 is 4.79 Å². The Kier molecular flexibility index (Phi) is 4.68. The van der Waals surface area contributed by atoms with Crippen molar-refractivity contribution >= 4 is 11.7 Å². The summed E-state index contributed by atoms with van der Waals surface area (Å²) < 4.78 is 0. The van der Waals surface area contributed by atoms with Crippen LogP contribution in [-0.2, 0) is 4.79 Å². The minimum atomic E-state index is -0.354. The lowest BCUT2D eigenvalue weighted by molar-refractivity contribution is -0.133. The van der Waals surface area contributed by atoms with Crippen molar-refractivity contribution in [2.45, 2.75) is 25.8 Å². The monoisotopic (exact) mass is 263 g/mol. The van der Waals surface area contributed by atoms with E-state index in [-0.39, 0.29) is 11.9 Å². The highest BCUT2D eigenvalue weighted by atomic mass is 16.2. The van der Waals surface area contributed by atoms with Crippen molar-refractivity contribution in [3.05, 3.63) is 18.6 Å². The van der Waals surface area contributed by atoms with Gasteiger partial charge < -0.3 is 15.5 Å². The molecule has 0 aromatic carbocycles. The van der Waals surface area contributed by atoms with E-state index in [0.717, 1.165) is 31.7 Å². The highest BCUT2D eigenvalue weighted by molar-refractivity contribution is 5.81. The molecule has 1 amide bonds. The second-order valence-corrected chi connectivity index (χ2v) is 4.77. The molecule has 1 aromatic heterocycles. The number of nitrogens with zero attached hydrogens (tertiary/aromatic N) is 4. The molecule has 1 fully saturated rings. The van der Waals surface area contributed by atoms with Crippen LogP contribution in [0.2, 0.25) is 0 Å². The predicted octanol–water partition coefficient (Wildman–Crippen LogP) is 0.253. The highest BCUT2D eigenvalue weighted by Gasteiger charge is 2.25. The molecule has 104 valence electrons. The lowest BCUT2D eigenvalue weighted by Crippen LogP contribution is -2.53. The first-order chi connectivity index (χ1) is 9.22. The summed E-state index contributed by atoms with van der Waals surface area (Å²) in [4.78, 5) is 24.4. The van der Waals surface area contributed by atoms with Crippen LogP contribution in [0.15, 0.2) is 18.6 Å². The molecule has 1 atom stereocenters. The number of piperazine rings is 1. The maximum atomic E-state index is 12.1. The predicted molar refractivity (Wildman–Crippen MR) is 73.7 cm³/mol. The van der Waals surface area contributed by atoms with Gasteiger partial charge in [-0.15, -0.1) is 0 Å². The Morgan fingerprint density at radius 2 is 2.11 bits per heavy atom. The molecule has 19 heavy (non-hydrogen) atoms. The molecule has 2 N–H and O–H groups in total. The van der Waals surface area contributed by atoms with Crippen LogP contribution in [0.3, 0.4) is 0 Å². The number of amides is 1. The molecule has 1 aliphatic rings. The normalized spacial score (nSPS) is 17.4. The quantitative estimate of drug-likeness (QED) is 0.843. The number of carbonyl (C=O) groups is 1. The molecule has 0 bridgehead atoms. The fourth-order valence-corrected chi connectivity index (χ4v) is 2.28. The van der Waals surface area contributed by atoms with E-state index in [1.54, 1.807) is 18.6 Å². The fraction of sp³-hybridized carbons (Fsp3) is 0.615. The van der Waals surface area contributed by atoms with Crippen LogP contribution in [0.5, 0.6) is 0 Å². The summed E-state index contributed by atoms with van der Waals surface area (Å²) in [5.41, 5.74) is 5.88. The van der Waals surface area contributed by atoms with Crippen molar-refractivity contribution in [3.8, 4) is 0 Å². The molecule has 1 saturated heterocycles.